The molecular weight excluding hydrogens is 326 g/mol. The van der Waals surface area contributed by atoms with Crippen molar-refractivity contribution in [2.45, 2.75) is 6.92 Å². The minimum atomic E-state index is 0.286. The molecule has 0 amide bonds. The van der Waals surface area contributed by atoms with E-state index in [0.717, 1.165) is 22.3 Å². The summed E-state index contributed by atoms with van der Waals surface area (Å²) in [5, 5.41) is 4.16. The van der Waals surface area contributed by atoms with Gasteiger partial charge >= 0.3 is 0 Å². The summed E-state index contributed by atoms with van der Waals surface area (Å²) in [5.74, 6) is 1.38. The number of aromatic nitrogens is 3. The van der Waals surface area contributed by atoms with Crippen LogP contribution in [0.5, 0.6) is 11.6 Å². The number of nitrogen functional groups attached to an aromatic ring is 1. The predicted octanol–water partition coefficient (Wildman–Crippen LogP) is 4.45. The first-order chi connectivity index (χ1) is 12.7. The number of nitrogens with two attached hydrogens (primary N) is 1. The van der Waals surface area contributed by atoms with Gasteiger partial charge in [-0.15, -0.1) is 0 Å². The number of fused-ring (bicyclic) bond motifs is 1. The average Bonchev–Trinajstić information content (AvgIpc) is 2.66. The summed E-state index contributed by atoms with van der Waals surface area (Å²) in [6, 6.07) is 19.4. The molecule has 3 N–H and O–H groups in total. The van der Waals surface area contributed by atoms with Gasteiger partial charge in [-0.3, -0.25) is 0 Å². The Kier molecular flexibility index (Phi) is 4.07. The zero-order chi connectivity index (χ0) is 17.9. The molecule has 4 rings (SSSR count). The van der Waals surface area contributed by atoms with Crippen LogP contribution in [0.4, 0.5) is 17.2 Å². The van der Waals surface area contributed by atoms with Crippen LogP contribution in [-0.2, 0) is 0 Å². The van der Waals surface area contributed by atoms with E-state index in [1.54, 1.807) is 0 Å². The van der Waals surface area contributed by atoms with Gasteiger partial charge in [0.2, 0.25) is 5.88 Å². The molecule has 6 nitrogen and oxygen atoms in total. The summed E-state index contributed by atoms with van der Waals surface area (Å²) in [6.07, 6.45) is 1.42. The van der Waals surface area contributed by atoms with Crippen molar-refractivity contribution in [2.24, 2.45) is 0 Å². The van der Waals surface area contributed by atoms with Crippen molar-refractivity contribution in [3.05, 3.63) is 72.7 Å². The largest absolute Gasteiger partial charge is 0.435 e. The summed E-state index contributed by atoms with van der Waals surface area (Å²) in [4.78, 5) is 13.0. The van der Waals surface area contributed by atoms with Gasteiger partial charge in [-0.25, -0.2) is 9.97 Å². The maximum Gasteiger partial charge on any atom is 0.248 e. The molecule has 6 heteroatoms. The Hall–Kier alpha value is -3.67. The molecular formula is C20H17N5O. The third-order valence-corrected chi connectivity index (χ3v) is 3.91. The fourth-order valence-corrected chi connectivity index (χ4v) is 2.62. The summed E-state index contributed by atoms with van der Waals surface area (Å²) < 4.78 is 5.98. The Morgan fingerprint density at radius 2 is 1.77 bits per heavy atom. The molecule has 26 heavy (non-hydrogen) atoms. The van der Waals surface area contributed by atoms with Crippen molar-refractivity contribution in [3.63, 3.8) is 0 Å². The Balaban J connectivity index is 1.69. The van der Waals surface area contributed by atoms with Gasteiger partial charge in [0.25, 0.3) is 0 Å². The quantitative estimate of drug-likeness (QED) is 0.569. The molecule has 0 aliphatic heterocycles. The van der Waals surface area contributed by atoms with Gasteiger partial charge in [-0.05, 0) is 31.2 Å². The predicted molar refractivity (Wildman–Crippen MR) is 103 cm³/mol. The molecule has 0 saturated carbocycles. The number of benzene rings is 2. The maximum absolute atomic E-state index is 6.22. The lowest BCUT2D eigenvalue weighted by atomic mass is 10.2. The molecule has 0 unspecified atom stereocenters. The van der Waals surface area contributed by atoms with E-state index in [9.17, 15) is 0 Å². The first-order valence-corrected chi connectivity index (χ1v) is 8.17. The molecule has 0 aliphatic rings. The SMILES string of the molecule is Cc1ccc2cccc(Oc3ncnc(Nc4ccccc4)c3N)c2n1. The van der Waals surface area contributed by atoms with Crippen LogP contribution in [0.1, 0.15) is 5.69 Å². The normalized spacial score (nSPS) is 10.7. The number of anilines is 3. The monoisotopic (exact) mass is 343 g/mol. The number of pyridine rings is 1. The zero-order valence-electron chi connectivity index (χ0n) is 14.2. The van der Waals surface area contributed by atoms with E-state index in [1.165, 1.54) is 6.33 Å². The van der Waals surface area contributed by atoms with Gasteiger partial charge in [-0.1, -0.05) is 36.4 Å². The standard InChI is InChI=1S/C20H17N5O/c1-13-10-11-14-6-5-9-16(18(14)24-13)26-20-17(21)19(22-12-23-20)25-15-7-3-2-4-8-15/h2-12H,21H2,1H3,(H,22,23,25). The van der Waals surface area contributed by atoms with Crippen LogP contribution in [0.15, 0.2) is 67.0 Å². The number of nitrogens with zero attached hydrogens (tertiary/aromatic N) is 3. The molecule has 2 aromatic carbocycles. The lowest BCUT2D eigenvalue weighted by Crippen LogP contribution is -2.03. The first-order valence-electron chi connectivity index (χ1n) is 8.17. The number of rotatable bonds is 4. The molecule has 0 saturated heterocycles. The van der Waals surface area contributed by atoms with Gasteiger partial charge in [0.15, 0.2) is 11.6 Å². The van der Waals surface area contributed by atoms with Crippen molar-refractivity contribution < 1.29 is 4.74 Å². The fraction of sp³-hybridized carbons (Fsp3) is 0.0500. The van der Waals surface area contributed by atoms with E-state index >= 15 is 0 Å². The molecule has 128 valence electrons. The Morgan fingerprint density at radius 3 is 2.62 bits per heavy atom. The van der Waals surface area contributed by atoms with Gasteiger partial charge in [0, 0.05) is 16.8 Å². The number of ether oxygens (including phenoxy) is 1. The van der Waals surface area contributed by atoms with E-state index < -0.39 is 0 Å². The highest BCUT2D eigenvalue weighted by Crippen LogP contribution is 2.33. The topological polar surface area (TPSA) is 86.0 Å². The highest BCUT2D eigenvalue weighted by atomic mass is 16.5. The van der Waals surface area contributed by atoms with Crippen LogP contribution < -0.4 is 15.8 Å². The molecule has 0 aliphatic carbocycles. The molecule has 0 bridgehead atoms. The zero-order valence-corrected chi connectivity index (χ0v) is 14.2. The van der Waals surface area contributed by atoms with E-state index in [2.05, 4.69) is 20.3 Å². The first kappa shape index (κ1) is 15.8. The second-order valence-electron chi connectivity index (χ2n) is 5.81. The molecule has 0 radical (unpaired) electrons. The third kappa shape index (κ3) is 3.12. The van der Waals surface area contributed by atoms with Crippen molar-refractivity contribution >= 4 is 28.1 Å². The number of para-hydroxylation sites is 2. The van der Waals surface area contributed by atoms with E-state index in [0.29, 0.717) is 17.3 Å². The molecule has 0 fully saturated rings. The van der Waals surface area contributed by atoms with Crippen molar-refractivity contribution in [2.75, 3.05) is 11.1 Å². The van der Waals surface area contributed by atoms with Crippen LogP contribution in [-0.4, -0.2) is 15.0 Å². The third-order valence-electron chi connectivity index (χ3n) is 3.91. The molecule has 2 aromatic heterocycles. The van der Waals surface area contributed by atoms with Crippen molar-refractivity contribution in [1.82, 2.24) is 15.0 Å². The number of hydrogen-bond acceptors (Lipinski definition) is 6. The Morgan fingerprint density at radius 1 is 0.923 bits per heavy atom. The van der Waals surface area contributed by atoms with Crippen LogP contribution in [0.2, 0.25) is 0 Å². The minimum Gasteiger partial charge on any atom is -0.435 e. The van der Waals surface area contributed by atoms with E-state index in [1.807, 2.05) is 67.6 Å². The molecule has 0 atom stereocenters. The summed E-state index contributed by atoms with van der Waals surface area (Å²) in [7, 11) is 0. The van der Waals surface area contributed by atoms with Gasteiger partial charge in [0.1, 0.15) is 17.5 Å². The lowest BCUT2D eigenvalue weighted by molar-refractivity contribution is 0.469. The van der Waals surface area contributed by atoms with E-state index in [-0.39, 0.29) is 5.88 Å². The number of nitrogens with one attached hydrogen (secondary N) is 1. The Labute approximate surface area is 150 Å². The summed E-state index contributed by atoms with van der Waals surface area (Å²) >= 11 is 0. The van der Waals surface area contributed by atoms with Crippen molar-refractivity contribution in [3.8, 4) is 11.6 Å². The minimum absolute atomic E-state index is 0.286. The van der Waals surface area contributed by atoms with Gasteiger partial charge < -0.3 is 15.8 Å². The highest BCUT2D eigenvalue weighted by Gasteiger charge is 2.13. The van der Waals surface area contributed by atoms with Crippen LogP contribution in [0.3, 0.4) is 0 Å². The number of aryl methyl sites for hydroxylation is 1. The Bertz CT molecular complexity index is 1070. The van der Waals surface area contributed by atoms with Crippen LogP contribution in [0, 0.1) is 6.92 Å². The number of hydrogen-bond donors (Lipinski definition) is 2. The maximum atomic E-state index is 6.22. The second-order valence-corrected chi connectivity index (χ2v) is 5.81. The van der Waals surface area contributed by atoms with E-state index in [4.69, 9.17) is 10.5 Å². The van der Waals surface area contributed by atoms with Crippen molar-refractivity contribution in [1.29, 1.82) is 0 Å². The van der Waals surface area contributed by atoms with Crippen LogP contribution in [0.25, 0.3) is 10.9 Å². The molecule has 0 spiro atoms. The second kappa shape index (κ2) is 6.68. The molecule has 4 aromatic rings. The molecule has 2 heterocycles. The van der Waals surface area contributed by atoms with Gasteiger partial charge in [-0.2, -0.15) is 4.98 Å². The highest BCUT2D eigenvalue weighted by molar-refractivity contribution is 5.85. The average molecular weight is 343 g/mol. The fourth-order valence-electron chi connectivity index (χ4n) is 2.62. The van der Waals surface area contributed by atoms with Crippen LogP contribution >= 0.6 is 0 Å². The summed E-state index contributed by atoms with van der Waals surface area (Å²) in [6.45, 7) is 1.94. The van der Waals surface area contributed by atoms with Gasteiger partial charge in [0.05, 0.1) is 0 Å². The lowest BCUT2D eigenvalue weighted by Gasteiger charge is -2.12. The summed E-state index contributed by atoms with van der Waals surface area (Å²) in [5.41, 5.74) is 9.11. The smallest absolute Gasteiger partial charge is 0.248 e.